The van der Waals surface area contributed by atoms with E-state index in [9.17, 15) is 9.59 Å². The third kappa shape index (κ3) is 6.32. The molecule has 0 saturated heterocycles. The third-order valence-corrected chi connectivity index (χ3v) is 4.35. The van der Waals surface area contributed by atoms with Crippen molar-refractivity contribution < 1.29 is 9.59 Å². The number of hydrogen-bond donors (Lipinski definition) is 3. The molecule has 24 heavy (non-hydrogen) atoms. The van der Waals surface area contributed by atoms with E-state index < -0.39 is 0 Å². The molecule has 1 aromatic carbocycles. The summed E-state index contributed by atoms with van der Waals surface area (Å²) in [4.78, 5) is 23.0. The highest BCUT2D eigenvalue weighted by molar-refractivity contribution is 5.85. The van der Waals surface area contributed by atoms with Crippen LogP contribution in [0.15, 0.2) is 24.3 Å². The van der Waals surface area contributed by atoms with Crippen LogP contribution in [-0.2, 0) is 9.59 Å². The van der Waals surface area contributed by atoms with Gasteiger partial charge in [-0.3, -0.25) is 9.59 Å². The number of benzene rings is 1. The maximum atomic E-state index is 11.9. The molecule has 0 saturated carbocycles. The van der Waals surface area contributed by atoms with E-state index in [1.54, 1.807) is 7.05 Å². The minimum absolute atomic E-state index is 0.00691. The van der Waals surface area contributed by atoms with E-state index in [1.165, 1.54) is 11.1 Å². The van der Waals surface area contributed by atoms with Gasteiger partial charge in [0.25, 0.3) is 0 Å². The summed E-state index contributed by atoms with van der Waals surface area (Å²) in [6, 6.07) is 8.73. The minimum atomic E-state index is -0.204. The molecule has 5 heteroatoms. The average molecular weight is 333 g/mol. The van der Waals surface area contributed by atoms with E-state index in [0.717, 1.165) is 6.42 Å². The predicted molar refractivity (Wildman–Crippen MR) is 97.8 cm³/mol. The number of rotatable bonds is 9. The Kier molecular flexibility index (Phi) is 8.47. The molecule has 0 bridgehead atoms. The second kappa shape index (κ2) is 10.1. The lowest BCUT2D eigenvalue weighted by molar-refractivity contribution is -0.125. The van der Waals surface area contributed by atoms with Crippen LogP contribution >= 0.6 is 0 Å². The lowest BCUT2D eigenvalue weighted by atomic mass is 9.92. The molecule has 0 fully saturated rings. The molecule has 0 aromatic heterocycles. The van der Waals surface area contributed by atoms with Crippen LogP contribution < -0.4 is 16.0 Å². The van der Waals surface area contributed by atoms with Crippen LogP contribution in [0.4, 0.5) is 0 Å². The summed E-state index contributed by atoms with van der Waals surface area (Å²) in [5.74, 6) is 0.524. The van der Waals surface area contributed by atoms with Crippen molar-refractivity contribution in [3.8, 4) is 0 Å². The number of amides is 2. The lowest BCUT2D eigenvalue weighted by Gasteiger charge is -2.23. The Morgan fingerprint density at radius 1 is 0.958 bits per heavy atom. The van der Waals surface area contributed by atoms with E-state index in [-0.39, 0.29) is 30.9 Å². The Morgan fingerprint density at radius 3 is 2.04 bits per heavy atom. The Balaban J connectivity index is 2.64. The third-order valence-electron chi connectivity index (χ3n) is 4.35. The van der Waals surface area contributed by atoms with Gasteiger partial charge in [-0.05, 0) is 29.4 Å². The Bertz CT molecular complexity index is 526. The van der Waals surface area contributed by atoms with Crippen molar-refractivity contribution in [1.82, 2.24) is 16.0 Å². The first kappa shape index (κ1) is 20.2. The molecule has 3 N–H and O–H groups in total. The molecule has 134 valence electrons. The fourth-order valence-corrected chi connectivity index (χ4v) is 2.54. The van der Waals surface area contributed by atoms with E-state index in [2.05, 4.69) is 67.9 Å². The largest absolute Gasteiger partial charge is 0.358 e. The summed E-state index contributed by atoms with van der Waals surface area (Å²) < 4.78 is 0. The van der Waals surface area contributed by atoms with Crippen molar-refractivity contribution in [1.29, 1.82) is 0 Å². The van der Waals surface area contributed by atoms with Crippen LogP contribution in [0.1, 0.15) is 57.2 Å². The maximum absolute atomic E-state index is 11.9. The molecule has 0 spiro atoms. The molecule has 0 aliphatic heterocycles. The highest BCUT2D eigenvalue weighted by Gasteiger charge is 2.17. The summed E-state index contributed by atoms with van der Waals surface area (Å²) in [5.41, 5.74) is 2.52. The molecule has 2 atom stereocenters. The van der Waals surface area contributed by atoms with E-state index >= 15 is 0 Å². The lowest BCUT2D eigenvalue weighted by Crippen LogP contribution is -2.41. The second-order valence-corrected chi connectivity index (χ2v) is 6.53. The standard InChI is InChI=1S/C19H31N3O2/c1-6-14(4)15-7-9-16(10-8-15)19(13(2)3)22-12-18(24)21-11-17(23)20-5/h7-10,13-14,19,22H,6,11-12H2,1-5H3,(H,20,23)(H,21,24)/t14-,19+/m1/s1. The number of carbonyl (C=O) groups excluding carboxylic acids is 2. The van der Waals surface area contributed by atoms with Crippen molar-refractivity contribution in [2.24, 2.45) is 5.92 Å². The van der Waals surface area contributed by atoms with Crippen LogP contribution in [0, 0.1) is 5.92 Å². The fraction of sp³-hybridized carbons (Fsp3) is 0.579. The smallest absolute Gasteiger partial charge is 0.239 e. The Labute approximate surface area is 145 Å². The topological polar surface area (TPSA) is 70.2 Å². The summed E-state index contributed by atoms with van der Waals surface area (Å²) >= 11 is 0. The molecule has 2 amide bonds. The zero-order chi connectivity index (χ0) is 18.1. The second-order valence-electron chi connectivity index (χ2n) is 6.53. The van der Waals surface area contributed by atoms with Gasteiger partial charge >= 0.3 is 0 Å². The number of hydrogen-bond acceptors (Lipinski definition) is 3. The highest BCUT2D eigenvalue weighted by atomic mass is 16.2. The molecule has 0 radical (unpaired) electrons. The van der Waals surface area contributed by atoms with E-state index in [0.29, 0.717) is 11.8 Å². The van der Waals surface area contributed by atoms with Crippen LogP contribution in [0.5, 0.6) is 0 Å². The van der Waals surface area contributed by atoms with Crippen LogP contribution in [0.3, 0.4) is 0 Å². The van der Waals surface area contributed by atoms with Crippen molar-refractivity contribution in [2.75, 3.05) is 20.1 Å². The number of nitrogens with one attached hydrogen (secondary N) is 3. The maximum Gasteiger partial charge on any atom is 0.239 e. The van der Waals surface area contributed by atoms with Gasteiger partial charge in [-0.1, -0.05) is 52.0 Å². The molecular weight excluding hydrogens is 302 g/mol. The van der Waals surface area contributed by atoms with E-state index in [4.69, 9.17) is 0 Å². The van der Waals surface area contributed by atoms with Gasteiger partial charge < -0.3 is 16.0 Å². The Hall–Kier alpha value is -1.88. The molecule has 0 heterocycles. The minimum Gasteiger partial charge on any atom is -0.358 e. The van der Waals surface area contributed by atoms with Crippen molar-refractivity contribution in [2.45, 2.75) is 46.1 Å². The number of likely N-dealkylation sites (N-methyl/N-ethyl adjacent to an activating group) is 1. The molecular formula is C19H31N3O2. The van der Waals surface area contributed by atoms with E-state index in [1.807, 2.05) is 0 Å². The summed E-state index contributed by atoms with van der Waals surface area (Å²) in [6.07, 6.45) is 1.12. The zero-order valence-corrected chi connectivity index (χ0v) is 15.5. The quantitative estimate of drug-likeness (QED) is 0.650. The van der Waals surface area contributed by atoms with Gasteiger partial charge in [0.2, 0.25) is 11.8 Å². The summed E-state index contributed by atoms with van der Waals surface area (Å²) in [5, 5.41) is 8.37. The van der Waals surface area contributed by atoms with Gasteiger partial charge in [0, 0.05) is 13.1 Å². The molecule has 1 rings (SSSR count). The monoisotopic (exact) mass is 333 g/mol. The zero-order valence-electron chi connectivity index (χ0n) is 15.5. The van der Waals surface area contributed by atoms with Crippen LogP contribution in [0.25, 0.3) is 0 Å². The van der Waals surface area contributed by atoms with Crippen molar-refractivity contribution >= 4 is 11.8 Å². The molecule has 0 aliphatic carbocycles. The molecule has 0 aliphatic rings. The molecule has 5 nitrogen and oxygen atoms in total. The van der Waals surface area contributed by atoms with Gasteiger partial charge in [-0.15, -0.1) is 0 Å². The van der Waals surface area contributed by atoms with Gasteiger partial charge in [0.15, 0.2) is 0 Å². The summed E-state index contributed by atoms with van der Waals surface area (Å²) in [7, 11) is 1.55. The van der Waals surface area contributed by atoms with Crippen LogP contribution in [-0.4, -0.2) is 32.0 Å². The SMILES string of the molecule is CC[C@@H](C)c1ccc([C@@H](NCC(=O)NCC(=O)NC)C(C)C)cc1. The first-order chi connectivity index (χ1) is 11.4. The van der Waals surface area contributed by atoms with Gasteiger partial charge in [0.05, 0.1) is 13.1 Å². The molecule has 1 aromatic rings. The van der Waals surface area contributed by atoms with Gasteiger partial charge in [-0.2, -0.15) is 0 Å². The Morgan fingerprint density at radius 2 is 1.54 bits per heavy atom. The average Bonchev–Trinajstić information content (AvgIpc) is 2.59. The van der Waals surface area contributed by atoms with Crippen molar-refractivity contribution in [3.63, 3.8) is 0 Å². The first-order valence-electron chi connectivity index (χ1n) is 8.69. The number of carbonyl (C=O) groups is 2. The van der Waals surface area contributed by atoms with Crippen LogP contribution in [0.2, 0.25) is 0 Å². The fourth-order valence-electron chi connectivity index (χ4n) is 2.54. The predicted octanol–water partition coefficient (Wildman–Crippen LogP) is 2.35. The highest BCUT2D eigenvalue weighted by Crippen LogP contribution is 2.25. The summed E-state index contributed by atoms with van der Waals surface area (Å²) in [6.45, 7) is 8.86. The molecule has 0 unspecified atom stereocenters. The normalized spacial score (nSPS) is 13.4. The van der Waals surface area contributed by atoms with Gasteiger partial charge in [0.1, 0.15) is 0 Å². The van der Waals surface area contributed by atoms with Crippen molar-refractivity contribution in [3.05, 3.63) is 35.4 Å². The van der Waals surface area contributed by atoms with Gasteiger partial charge in [-0.25, -0.2) is 0 Å². The first-order valence-corrected chi connectivity index (χ1v) is 8.69.